The van der Waals surface area contributed by atoms with Crippen LogP contribution in [-0.2, 0) is 25.7 Å². The number of amides is 4. The van der Waals surface area contributed by atoms with Gasteiger partial charge < -0.3 is 20.2 Å². The molecule has 0 spiro atoms. The van der Waals surface area contributed by atoms with E-state index in [-0.39, 0.29) is 53.7 Å². The molecule has 5 aliphatic heterocycles. The van der Waals surface area contributed by atoms with Gasteiger partial charge in [0, 0.05) is 66.1 Å². The van der Waals surface area contributed by atoms with Crippen LogP contribution in [0.1, 0.15) is 104 Å². The quantitative estimate of drug-likeness (QED) is 0.104. The summed E-state index contributed by atoms with van der Waals surface area (Å²) in [7, 11) is 0. The molecular weight excluding hydrogens is 844 g/mol. The summed E-state index contributed by atoms with van der Waals surface area (Å²) in [6.45, 7) is 7.73. The van der Waals surface area contributed by atoms with Gasteiger partial charge in [0.25, 0.3) is 0 Å². The van der Waals surface area contributed by atoms with Crippen LogP contribution in [0.25, 0.3) is 21.5 Å². The molecule has 0 bridgehead atoms. The topological polar surface area (TPSA) is 126 Å². The van der Waals surface area contributed by atoms with E-state index < -0.39 is 12.3 Å². The number of carbonyl (C=O) groups is 4. The molecule has 4 fully saturated rings. The van der Waals surface area contributed by atoms with E-state index in [1.807, 2.05) is 29.2 Å². The number of piperidine rings is 4. The zero-order chi connectivity index (χ0) is 46.2. The lowest BCUT2D eigenvalue weighted by molar-refractivity contribution is -0.135. The molecule has 5 aliphatic rings. The van der Waals surface area contributed by atoms with E-state index in [9.17, 15) is 28.7 Å². The summed E-state index contributed by atoms with van der Waals surface area (Å²) in [5.41, 5.74) is 5.90. The lowest BCUT2D eigenvalue weighted by Gasteiger charge is -2.36. The van der Waals surface area contributed by atoms with Crippen molar-refractivity contribution in [3.05, 3.63) is 125 Å². The van der Waals surface area contributed by atoms with Crippen LogP contribution in [0.5, 0.6) is 0 Å². The molecule has 11 nitrogen and oxygen atoms in total. The highest BCUT2D eigenvalue weighted by Gasteiger charge is 2.41. The van der Waals surface area contributed by atoms with E-state index in [0.29, 0.717) is 38.5 Å². The average molecular weight is 903 g/mol. The lowest BCUT2D eigenvalue weighted by atomic mass is 9.85. The number of aliphatic hydroxyl groups excluding tert-OH is 1. The van der Waals surface area contributed by atoms with Crippen LogP contribution >= 0.6 is 0 Å². The molecular formula is C55H59FN6O5. The Morgan fingerprint density at radius 1 is 0.806 bits per heavy atom. The number of benzene rings is 5. The maximum absolute atomic E-state index is 13.6. The number of imide groups is 1. The smallest absolute Gasteiger partial charge is 0.249 e. The second-order valence-electron chi connectivity index (χ2n) is 19.2. The fraction of sp³-hybridized carbons (Fsp3) is 0.418. The zero-order valence-corrected chi connectivity index (χ0v) is 38.2. The standard InChI is InChI=1S/C55H59FN6O5/c1-35(60-30-24-40(25-31-60)53(65)57-33-37-6-4-7-41(56)32-37)42-15-14-38(43-8-2-3-9-45(42)43)13-12-36-20-28-61(29-21-36)51(64)34-59-26-22-39(23-27-59)44-16-17-47-52-46(44)10-5-11-48(52)62(55(47)67)49-18-19-50(63)58-54(49)66/h2-11,14-17,32,35-36,39-40,49,55,67H,18-31,33-34H2,1H3,(H,57,65)(H,58,63,66). The summed E-state index contributed by atoms with van der Waals surface area (Å²) in [4.78, 5) is 59.8. The number of anilines is 1. The average Bonchev–Trinajstić information content (AvgIpc) is 3.64. The van der Waals surface area contributed by atoms with Gasteiger partial charge in [-0.15, -0.1) is 0 Å². The molecule has 0 saturated carbocycles. The highest BCUT2D eigenvalue weighted by Crippen LogP contribution is 2.48. The van der Waals surface area contributed by atoms with Crippen LogP contribution in [0.3, 0.4) is 0 Å². The molecule has 0 aliphatic carbocycles. The van der Waals surface area contributed by atoms with E-state index in [2.05, 4.69) is 87.7 Å². The van der Waals surface area contributed by atoms with Gasteiger partial charge in [0.05, 0.1) is 6.54 Å². The minimum atomic E-state index is -0.955. The zero-order valence-electron chi connectivity index (χ0n) is 38.2. The van der Waals surface area contributed by atoms with Crippen LogP contribution in [0, 0.1) is 29.5 Å². The van der Waals surface area contributed by atoms with Gasteiger partial charge in [0.15, 0.2) is 6.23 Å². The van der Waals surface area contributed by atoms with Crippen molar-refractivity contribution in [2.45, 2.75) is 89.1 Å². The first kappa shape index (κ1) is 44.7. The largest absolute Gasteiger partial charge is 0.369 e. The third kappa shape index (κ3) is 9.17. The number of hydrogen-bond donors (Lipinski definition) is 3. The minimum absolute atomic E-state index is 0.0362. The number of hydrogen-bond acceptors (Lipinski definition) is 8. The molecule has 3 unspecified atom stereocenters. The SMILES string of the molecule is CC(c1ccc(C#CC2CCN(C(=O)CN3CCC(c4ccc5c6c(cccc46)N(C4CCC(=O)NC4=O)C5O)CC3)CC2)c2ccccc12)N1CCC(C(=O)NCc2cccc(F)c2)CC1. The van der Waals surface area contributed by atoms with Crippen molar-refractivity contribution < 1.29 is 28.7 Å². The Morgan fingerprint density at radius 2 is 1.54 bits per heavy atom. The summed E-state index contributed by atoms with van der Waals surface area (Å²) < 4.78 is 13.6. The number of nitrogens with zero attached hydrogens (tertiary/aromatic N) is 4. The fourth-order valence-corrected chi connectivity index (χ4v) is 11.5. The second kappa shape index (κ2) is 19.2. The van der Waals surface area contributed by atoms with Gasteiger partial charge in [-0.1, -0.05) is 78.6 Å². The number of carbonyl (C=O) groups excluding carboxylic acids is 4. The number of fused-ring (bicyclic) bond motifs is 1. The first-order chi connectivity index (χ1) is 32.6. The molecule has 67 heavy (non-hydrogen) atoms. The molecule has 5 aromatic rings. The molecule has 4 amide bonds. The van der Waals surface area contributed by atoms with Crippen molar-refractivity contribution in [3.63, 3.8) is 0 Å². The van der Waals surface area contributed by atoms with Gasteiger partial charge in [-0.05, 0) is 141 Å². The number of halogens is 1. The van der Waals surface area contributed by atoms with E-state index in [1.54, 1.807) is 11.0 Å². The van der Waals surface area contributed by atoms with E-state index in [4.69, 9.17) is 0 Å². The molecule has 10 rings (SSSR count). The lowest BCUT2D eigenvalue weighted by Crippen LogP contribution is -2.52. The minimum Gasteiger partial charge on any atom is -0.369 e. The summed E-state index contributed by atoms with van der Waals surface area (Å²) in [5, 5.41) is 21.3. The molecule has 4 saturated heterocycles. The molecule has 5 heterocycles. The molecule has 0 aromatic heterocycles. The Kier molecular flexibility index (Phi) is 12.8. The fourth-order valence-electron chi connectivity index (χ4n) is 11.5. The Labute approximate surface area is 391 Å². The molecule has 5 aromatic carbocycles. The van der Waals surface area contributed by atoms with E-state index >= 15 is 0 Å². The van der Waals surface area contributed by atoms with Crippen molar-refractivity contribution in [3.8, 4) is 11.8 Å². The highest BCUT2D eigenvalue weighted by atomic mass is 19.1. The molecule has 0 radical (unpaired) electrons. The third-order valence-corrected chi connectivity index (χ3v) is 15.3. The molecule has 12 heteroatoms. The van der Waals surface area contributed by atoms with Crippen molar-refractivity contribution >= 4 is 50.9 Å². The molecule has 3 atom stereocenters. The van der Waals surface area contributed by atoms with Crippen molar-refractivity contribution in [1.82, 2.24) is 25.3 Å². The van der Waals surface area contributed by atoms with E-state index in [0.717, 1.165) is 103 Å². The van der Waals surface area contributed by atoms with Crippen LogP contribution in [0.15, 0.2) is 91.0 Å². The predicted molar refractivity (Wildman–Crippen MR) is 257 cm³/mol. The van der Waals surface area contributed by atoms with E-state index in [1.165, 1.54) is 28.6 Å². The summed E-state index contributed by atoms with van der Waals surface area (Å²) in [5.74, 6) is 6.88. The molecule has 346 valence electrons. The van der Waals surface area contributed by atoms with Gasteiger partial charge >= 0.3 is 0 Å². The van der Waals surface area contributed by atoms with Gasteiger partial charge in [-0.3, -0.25) is 34.3 Å². The Hall–Kier alpha value is -6.13. The normalized spacial score (nSPS) is 21.6. The summed E-state index contributed by atoms with van der Waals surface area (Å²) >= 11 is 0. The Morgan fingerprint density at radius 3 is 2.30 bits per heavy atom. The van der Waals surface area contributed by atoms with Crippen LogP contribution in [0.2, 0.25) is 0 Å². The van der Waals surface area contributed by atoms with Crippen molar-refractivity contribution in [1.29, 1.82) is 0 Å². The van der Waals surface area contributed by atoms with Crippen molar-refractivity contribution in [2.75, 3.05) is 50.7 Å². The summed E-state index contributed by atoms with van der Waals surface area (Å²) in [6.07, 6.45) is 4.79. The van der Waals surface area contributed by atoms with Gasteiger partial charge in [-0.2, -0.15) is 0 Å². The predicted octanol–water partition coefficient (Wildman–Crippen LogP) is 7.31. The van der Waals surface area contributed by atoms with Crippen LogP contribution < -0.4 is 15.5 Å². The number of likely N-dealkylation sites (tertiary alicyclic amines) is 3. The maximum Gasteiger partial charge on any atom is 0.249 e. The van der Waals surface area contributed by atoms with Gasteiger partial charge in [-0.25, -0.2) is 4.39 Å². The molecule has 3 N–H and O–H groups in total. The highest BCUT2D eigenvalue weighted by molar-refractivity contribution is 6.07. The maximum atomic E-state index is 13.6. The Balaban J connectivity index is 0.705. The van der Waals surface area contributed by atoms with Crippen molar-refractivity contribution in [2.24, 2.45) is 11.8 Å². The first-order valence-electron chi connectivity index (χ1n) is 24.2. The second-order valence-corrected chi connectivity index (χ2v) is 19.2. The number of rotatable bonds is 9. The summed E-state index contributed by atoms with van der Waals surface area (Å²) in [6, 6.07) is 29.0. The monoisotopic (exact) mass is 902 g/mol. The third-order valence-electron chi connectivity index (χ3n) is 15.3. The van der Waals surface area contributed by atoms with Gasteiger partial charge in [0.2, 0.25) is 23.6 Å². The number of nitrogens with one attached hydrogen (secondary N) is 2. The Bertz CT molecular complexity index is 2780. The van der Waals surface area contributed by atoms with Crippen LogP contribution in [0.4, 0.5) is 10.1 Å². The number of aliphatic hydroxyl groups is 1. The first-order valence-corrected chi connectivity index (χ1v) is 24.2. The van der Waals surface area contributed by atoms with Gasteiger partial charge in [0.1, 0.15) is 11.9 Å². The van der Waals surface area contributed by atoms with Crippen LogP contribution in [-0.4, -0.2) is 95.3 Å².